The fraction of sp³-hybridized carbons (Fsp3) is 0.375. The van der Waals surface area contributed by atoms with Gasteiger partial charge in [-0.3, -0.25) is 0 Å². The fourth-order valence-electron chi connectivity index (χ4n) is 2.88. The summed E-state index contributed by atoms with van der Waals surface area (Å²) in [5.74, 6) is 2.21. The van der Waals surface area contributed by atoms with Gasteiger partial charge in [0.15, 0.2) is 5.82 Å². The standard InChI is InChI=1S/C16H18N6OS/c1-6-14(20-18-7-1)22-8-2-4-12(11-22)17-10-15-19-16(21-23-15)13-5-3-9-24-13/h1,3,5-7,9,12,17H,2,4,8,10-11H2/t12-/m0/s1. The van der Waals surface area contributed by atoms with Crippen LogP contribution in [-0.4, -0.2) is 39.5 Å². The molecule has 1 fully saturated rings. The molecular weight excluding hydrogens is 324 g/mol. The zero-order valence-corrected chi connectivity index (χ0v) is 13.9. The highest BCUT2D eigenvalue weighted by Crippen LogP contribution is 2.21. The van der Waals surface area contributed by atoms with Crippen LogP contribution >= 0.6 is 11.3 Å². The molecule has 0 radical (unpaired) electrons. The average Bonchev–Trinajstić information content (AvgIpc) is 3.32. The Kier molecular flexibility index (Phi) is 4.48. The van der Waals surface area contributed by atoms with E-state index in [1.54, 1.807) is 17.5 Å². The number of rotatable bonds is 5. The first-order valence-corrected chi connectivity index (χ1v) is 8.89. The van der Waals surface area contributed by atoms with E-state index in [-0.39, 0.29) is 0 Å². The number of nitrogens with one attached hydrogen (secondary N) is 1. The molecule has 1 aliphatic rings. The zero-order valence-electron chi connectivity index (χ0n) is 13.1. The van der Waals surface area contributed by atoms with Gasteiger partial charge in [0.05, 0.1) is 11.4 Å². The number of hydrogen-bond donors (Lipinski definition) is 1. The van der Waals surface area contributed by atoms with Crippen molar-refractivity contribution in [3.8, 4) is 10.7 Å². The second-order valence-corrected chi connectivity index (χ2v) is 6.68. The molecule has 4 heterocycles. The smallest absolute Gasteiger partial charge is 0.240 e. The van der Waals surface area contributed by atoms with E-state index in [1.165, 1.54) is 0 Å². The predicted octanol–water partition coefficient (Wildman–Crippen LogP) is 2.35. The van der Waals surface area contributed by atoms with Gasteiger partial charge in [0.25, 0.3) is 0 Å². The summed E-state index contributed by atoms with van der Waals surface area (Å²) in [7, 11) is 0. The Morgan fingerprint density at radius 3 is 3.17 bits per heavy atom. The highest BCUT2D eigenvalue weighted by Gasteiger charge is 2.21. The van der Waals surface area contributed by atoms with Crippen molar-refractivity contribution >= 4 is 17.2 Å². The first-order valence-electron chi connectivity index (χ1n) is 8.01. The summed E-state index contributed by atoms with van der Waals surface area (Å²) in [6.07, 6.45) is 3.95. The van der Waals surface area contributed by atoms with Gasteiger partial charge in [-0.2, -0.15) is 10.1 Å². The minimum Gasteiger partial charge on any atom is -0.354 e. The summed E-state index contributed by atoms with van der Waals surface area (Å²) in [6.45, 7) is 2.50. The van der Waals surface area contributed by atoms with Crippen LogP contribution in [-0.2, 0) is 6.54 Å². The van der Waals surface area contributed by atoms with Crippen molar-refractivity contribution < 1.29 is 4.52 Å². The maximum Gasteiger partial charge on any atom is 0.240 e. The van der Waals surface area contributed by atoms with E-state index in [4.69, 9.17) is 4.52 Å². The van der Waals surface area contributed by atoms with Gasteiger partial charge in [-0.05, 0) is 36.4 Å². The van der Waals surface area contributed by atoms with Gasteiger partial charge in [-0.1, -0.05) is 11.2 Å². The first kappa shape index (κ1) is 15.2. The molecule has 3 aromatic heterocycles. The quantitative estimate of drug-likeness (QED) is 0.762. The van der Waals surface area contributed by atoms with E-state index in [0.717, 1.165) is 36.6 Å². The van der Waals surface area contributed by atoms with Gasteiger partial charge in [0.1, 0.15) is 0 Å². The third-order valence-corrected chi connectivity index (χ3v) is 4.92. The molecule has 0 saturated carbocycles. The molecule has 0 bridgehead atoms. The third-order valence-electron chi connectivity index (χ3n) is 4.06. The molecule has 8 heteroatoms. The van der Waals surface area contributed by atoms with Crippen molar-refractivity contribution in [2.45, 2.75) is 25.4 Å². The number of aromatic nitrogens is 4. The van der Waals surface area contributed by atoms with Gasteiger partial charge in [0, 0.05) is 25.3 Å². The second-order valence-electron chi connectivity index (χ2n) is 5.74. The maximum atomic E-state index is 5.34. The lowest BCUT2D eigenvalue weighted by molar-refractivity contribution is 0.344. The molecule has 4 rings (SSSR count). The van der Waals surface area contributed by atoms with E-state index >= 15 is 0 Å². The van der Waals surface area contributed by atoms with Crippen molar-refractivity contribution in [2.75, 3.05) is 18.0 Å². The summed E-state index contributed by atoms with van der Waals surface area (Å²) in [6, 6.07) is 8.27. The number of thiophene rings is 1. The summed E-state index contributed by atoms with van der Waals surface area (Å²) in [5.41, 5.74) is 0. The molecule has 0 unspecified atom stereocenters. The number of piperidine rings is 1. The molecule has 3 aromatic rings. The minimum atomic E-state index is 0.373. The van der Waals surface area contributed by atoms with E-state index in [0.29, 0.717) is 24.3 Å². The lowest BCUT2D eigenvalue weighted by Crippen LogP contribution is -2.45. The van der Waals surface area contributed by atoms with Crippen LogP contribution in [0.25, 0.3) is 10.7 Å². The Labute approximate surface area is 143 Å². The van der Waals surface area contributed by atoms with Crippen molar-refractivity contribution in [1.82, 2.24) is 25.7 Å². The van der Waals surface area contributed by atoms with Crippen molar-refractivity contribution in [3.05, 3.63) is 41.7 Å². The number of hydrogen-bond acceptors (Lipinski definition) is 8. The fourth-order valence-corrected chi connectivity index (χ4v) is 3.53. The summed E-state index contributed by atoms with van der Waals surface area (Å²) in [4.78, 5) is 7.74. The molecule has 1 N–H and O–H groups in total. The molecule has 0 aromatic carbocycles. The van der Waals surface area contributed by atoms with Crippen molar-refractivity contribution in [2.24, 2.45) is 0 Å². The number of nitrogens with zero attached hydrogens (tertiary/aromatic N) is 5. The number of anilines is 1. The van der Waals surface area contributed by atoms with Crippen LogP contribution in [0.3, 0.4) is 0 Å². The highest BCUT2D eigenvalue weighted by molar-refractivity contribution is 7.13. The van der Waals surface area contributed by atoms with E-state index in [1.807, 2.05) is 29.6 Å². The molecule has 24 heavy (non-hydrogen) atoms. The third kappa shape index (κ3) is 3.44. The zero-order chi connectivity index (χ0) is 16.2. The SMILES string of the molecule is c1cnnc(N2CCC[C@H](NCc3nc(-c4cccs4)no3)C2)c1. The molecule has 0 spiro atoms. The van der Waals surface area contributed by atoms with Crippen LogP contribution in [0, 0.1) is 0 Å². The maximum absolute atomic E-state index is 5.34. The lowest BCUT2D eigenvalue weighted by Gasteiger charge is -2.33. The Morgan fingerprint density at radius 2 is 2.33 bits per heavy atom. The normalized spacial score (nSPS) is 18.0. The van der Waals surface area contributed by atoms with Crippen molar-refractivity contribution in [1.29, 1.82) is 0 Å². The van der Waals surface area contributed by atoms with E-state index < -0.39 is 0 Å². The molecule has 0 aliphatic carbocycles. The Hall–Kier alpha value is -2.32. The monoisotopic (exact) mass is 342 g/mol. The van der Waals surface area contributed by atoms with E-state index in [2.05, 4.69) is 30.6 Å². The van der Waals surface area contributed by atoms with Gasteiger partial charge in [0.2, 0.25) is 11.7 Å². The van der Waals surface area contributed by atoms with Crippen molar-refractivity contribution in [3.63, 3.8) is 0 Å². The molecular formula is C16H18N6OS. The summed E-state index contributed by atoms with van der Waals surface area (Å²) >= 11 is 1.61. The summed E-state index contributed by atoms with van der Waals surface area (Å²) in [5, 5.41) is 17.7. The average molecular weight is 342 g/mol. The molecule has 124 valence electrons. The van der Waals surface area contributed by atoms with Gasteiger partial charge >= 0.3 is 0 Å². The van der Waals surface area contributed by atoms with Crippen LogP contribution in [0.1, 0.15) is 18.7 Å². The topological polar surface area (TPSA) is 80.0 Å². The predicted molar refractivity (Wildman–Crippen MR) is 91.7 cm³/mol. The van der Waals surface area contributed by atoms with Gasteiger partial charge in [-0.25, -0.2) is 0 Å². The molecule has 1 atom stereocenters. The molecule has 7 nitrogen and oxygen atoms in total. The molecule has 1 saturated heterocycles. The first-order chi connectivity index (χ1) is 11.9. The van der Waals surface area contributed by atoms with Crippen LogP contribution < -0.4 is 10.2 Å². The second kappa shape index (κ2) is 7.06. The van der Waals surface area contributed by atoms with E-state index in [9.17, 15) is 0 Å². The van der Waals surface area contributed by atoms with Crippen LogP contribution in [0.2, 0.25) is 0 Å². The van der Waals surface area contributed by atoms with Crippen LogP contribution in [0.15, 0.2) is 40.4 Å². The Morgan fingerprint density at radius 1 is 1.33 bits per heavy atom. The minimum absolute atomic E-state index is 0.373. The largest absolute Gasteiger partial charge is 0.354 e. The highest BCUT2D eigenvalue weighted by atomic mass is 32.1. The van der Waals surface area contributed by atoms with Crippen LogP contribution in [0.4, 0.5) is 5.82 Å². The van der Waals surface area contributed by atoms with Crippen LogP contribution in [0.5, 0.6) is 0 Å². The molecule has 1 aliphatic heterocycles. The lowest BCUT2D eigenvalue weighted by atomic mass is 10.1. The Balaban J connectivity index is 1.34. The Bertz CT molecular complexity index is 760. The summed E-state index contributed by atoms with van der Waals surface area (Å²) < 4.78 is 5.34. The van der Waals surface area contributed by atoms with Gasteiger partial charge in [-0.15, -0.1) is 16.4 Å². The molecule has 0 amide bonds. The van der Waals surface area contributed by atoms with Gasteiger partial charge < -0.3 is 14.7 Å².